The van der Waals surface area contributed by atoms with E-state index in [1.807, 2.05) is 6.92 Å². The molecule has 0 aromatic carbocycles. The minimum Gasteiger partial charge on any atom is -0.333 e. The summed E-state index contributed by atoms with van der Waals surface area (Å²) in [7, 11) is 0. The summed E-state index contributed by atoms with van der Waals surface area (Å²) in [6, 6.07) is 0. The molecule has 0 radical (unpaired) electrons. The Morgan fingerprint density at radius 3 is 2.43 bits per heavy atom. The summed E-state index contributed by atoms with van der Waals surface area (Å²) in [5.41, 5.74) is 0. The van der Waals surface area contributed by atoms with Crippen molar-refractivity contribution in [1.29, 1.82) is 0 Å². The van der Waals surface area contributed by atoms with Crippen LogP contribution in [-0.2, 0) is 9.59 Å². The Morgan fingerprint density at radius 2 is 1.86 bits per heavy atom. The average molecular weight is 194 g/mol. The Balaban J connectivity index is 2.56. The third kappa shape index (κ3) is 2.05. The van der Waals surface area contributed by atoms with Crippen molar-refractivity contribution in [1.82, 2.24) is 9.80 Å². The number of carbonyl (C=O) groups excluding carboxylic acids is 2. The summed E-state index contributed by atoms with van der Waals surface area (Å²) in [6.45, 7) is 4.15. The standard InChI is InChI=1S/C10H14N2O2/c1-3-5-6-12-8-7-11(4-2)9(13)10(12)14/h1H,4-8H2,2H3. The smallest absolute Gasteiger partial charge is 0.312 e. The quantitative estimate of drug-likeness (QED) is 0.457. The van der Waals surface area contributed by atoms with Crippen LogP contribution in [0.5, 0.6) is 0 Å². The summed E-state index contributed by atoms with van der Waals surface area (Å²) in [5.74, 6) is 1.63. The maximum atomic E-state index is 11.5. The molecule has 1 fully saturated rings. The van der Waals surface area contributed by atoms with E-state index in [9.17, 15) is 9.59 Å². The first kappa shape index (κ1) is 10.6. The lowest BCUT2D eigenvalue weighted by molar-refractivity contribution is -0.155. The summed E-state index contributed by atoms with van der Waals surface area (Å²) in [6.07, 6.45) is 5.60. The number of rotatable bonds is 3. The zero-order valence-electron chi connectivity index (χ0n) is 8.32. The maximum absolute atomic E-state index is 11.5. The first-order valence-corrected chi connectivity index (χ1v) is 4.72. The van der Waals surface area contributed by atoms with E-state index in [1.54, 1.807) is 4.90 Å². The lowest BCUT2D eigenvalue weighted by Crippen LogP contribution is -2.54. The molecule has 76 valence electrons. The predicted octanol–water partition coefficient (Wildman–Crippen LogP) is -0.300. The lowest BCUT2D eigenvalue weighted by Gasteiger charge is -2.32. The first-order chi connectivity index (χ1) is 6.70. The number of carbonyl (C=O) groups is 2. The summed E-state index contributed by atoms with van der Waals surface area (Å²) >= 11 is 0. The minimum absolute atomic E-state index is 0.407. The normalized spacial score (nSPS) is 17.1. The highest BCUT2D eigenvalue weighted by atomic mass is 16.2. The number of amides is 2. The molecule has 1 aliphatic rings. The molecule has 0 aromatic rings. The van der Waals surface area contributed by atoms with Crippen molar-refractivity contribution in [2.45, 2.75) is 13.3 Å². The molecule has 1 saturated heterocycles. The van der Waals surface area contributed by atoms with Gasteiger partial charge >= 0.3 is 11.8 Å². The molecule has 0 saturated carbocycles. The van der Waals surface area contributed by atoms with Gasteiger partial charge in [0.1, 0.15) is 0 Å². The van der Waals surface area contributed by atoms with Crippen LogP contribution in [0, 0.1) is 12.3 Å². The Kier molecular flexibility index (Phi) is 3.52. The topological polar surface area (TPSA) is 40.6 Å². The highest BCUT2D eigenvalue weighted by Crippen LogP contribution is 2.04. The second-order valence-corrected chi connectivity index (χ2v) is 3.13. The molecule has 2 amide bonds. The Morgan fingerprint density at radius 1 is 1.29 bits per heavy atom. The van der Waals surface area contributed by atoms with Crippen LogP contribution >= 0.6 is 0 Å². The lowest BCUT2D eigenvalue weighted by atomic mass is 10.2. The maximum Gasteiger partial charge on any atom is 0.312 e. The molecule has 0 bridgehead atoms. The third-order valence-corrected chi connectivity index (χ3v) is 2.30. The van der Waals surface area contributed by atoms with Crippen LogP contribution in [0.3, 0.4) is 0 Å². The highest BCUT2D eigenvalue weighted by molar-refractivity contribution is 6.35. The van der Waals surface area contributed by atoms with Crippen molar-refractivity contribution in [3.05, 3.63) is 0 Å². The molecule has 4 nitrogen and oxygen atoms in total. The van der Waals surface area contributed by atoms with Crippen LogP contribution in [0.4, 0.5) is 0 Å². The van der Waals surface area contributed by atoms with Crippen molar-refractivity contribution < 1.29 is 9.59 Å². The van der Waals surface area contributed by atoms with Crippen LogP contribution in [0.15, 0.2) is 0 Å². The van der Waals surface area contributed by atoms with Crippen LogP contribution in [-0.4, -0.2) is 47.8 Å². The number of hydrogen-bond donors (Lipinski definition) is 0. The molecule has 4 heteroatoms. The van der Waals surface area contributed by atoms with Gasteiger partial charge in [-0.2, -0.15) is 0 Å². The number of piperazine rings is 1. The fourth-order valence-corrected chi connectivity index (χ4v) is 1.43. The van der Waals surface area contributed by atoms with Crippen LogP contribution in [0.1, 0.15) is 13.3 Å². The fraction of sp³-hybridized carbons (Fsp3) is 0.600. The van der Waals surface area contributed by atoms with Gasteiger partial charge in [0.2, 0.25) is 0 Å². The third-order valence-electron chi connectivity index (χ3n) is 2.30. The van der Waals surface area contributed by atoms with E-state index in [4.69, 9.17) is 6.42 Å². The number of nitrogens with zero attached hydrogens (tertiary/aromatic N) is 2. The number of hydrogen-bond acceptors (Lipinski definition) is 2. The van der Waals surface area contributed by atoms with E-state index in [1.165, 1.54) is 4.90 Å². The average Bonchev–Trinajstić information content (AvgIpc) is 2.20. The van der Waals surface area contributed by atoms with Gasteiger partial charge in [0.15, 0.2) is 0 Å². The number of likely N-dealkylation sites (N-methyl/N-ethyl adjacent to an activating group) is 1. The van der Waals surface area contributed by atoms with E-state index in [0.717, 1.165) is 0 Å². The largest absolute Gasteiger partial charge is 0.333 e. The molecule has 0 N–H and O–H groups in total. The Labute approximate surface area is 83.9 Å². The molecule has 0 aliphatic carbocycles. The van der Waals surface area contributed by atoms with Gasteiger partial charge < -0.3 is 9.80 Å². The van der Waals surface area contributed by atoms with Gasteiger partial charge in [0, 0.05) is 32.6 Å². The van der Waals surface area contributed by atoms with Crippen molar-refractivity contribution in [3.8, 4) is 12.3 Å². The molecule has 1 heterocycles. The van der Waals surface area contributed by atoms with Gasteiger partial charge in [-0.25, -0.2) is 0 Å². The van der Waals surface area contributed by atoms with E-state index in [-0.39, 0.29) is 0 Å². The summed E-state index contributed by atoms with van der Waals surface area (Å²) < 4.78 is 0. The van der Waals surface area contributed by atoms with Gasteiger partial charge in [-0.1, -0.05) is 0 Å². The van der Waals surface area contributed by atoms with Crippen LogP contribution in [0.25, 0.3) is 0 Å². The van der Waals surface area contributed by atoms with Gasteiger partial charge in [0.05, 0.1) is 0 Å². The first-order valence-electron chi connectivity index (χ1n) is 4.72. The van der Waals surface area contributed by atoms with Crippen molar-refractivity contribution in [2.24, 2.45) is 0 Å². The molecule has 0 spiro atoms. The summed E-state index contributed by atoms with van der Waals surface area (Å²) in [4.78, 5) is 26.0. The molecule has 0 atom stereocenters. The second kappa shape index (κ2) is 4.66. The predicted molar refractivity (Wildman–Crippen MR) is 52.3 cm³/mol. The van der Waals surface area contributed by atoms with E-state index >= 15 is 0 Å². The van der Waals surface area contributed by atoms with Crippen LogP contribution < -0.4 is 0 Å². The van der Waals surface area contributed by atoms with Gasteiger partial charge in [-0.15, -0.1) is 12.3 Å². The van der Waals surface area contributed by atoms with Crippen molar-refractivity contribution in [3.63, 3.8) is 0 Å². The highest BCUT2D eigenvalue weighted by Gasteiger charge is 2.30. The second-order valence-electron chi connectivity index (χ2n) is 3.13. The van der Waals surface area contributed by atoms with E-state index in [0.29, 0.717) is 32.6 Å². The van der Waals surface area contributed by atoms with Gasteiger partial charge in [-0.3, -0.25) is 9.59 Å². The molecular weight excluding hydrogens is 180 g/mol. The zero-order valence-corrected chi connectivity index (χ0v) is 8.32. The molecular formula is C10H14N2O2. The van der Waals surface area contributed by atoms with E-state index < -0.39 is 11.8 Å². The molecule has 0 aromatic heterocycles. The summed E-state index contributed by atoms with van der Waals surface area (Å²) in [5, 5.41) is 0. The van der Waals surface area contributed by atoms with Crippen molar-refractivity contribution in [2.75, 3.05) is 26.2 Å². The number of terminal acetylenes is 1. The monoisotopic (exact) mass is 194 g/mol. The minimum atomic E-state index is -0.423. The van der Waals surface area contributed by atoms with Gasteiger partial charge in [-0.05, 0) is 6.92 Å². The zero-order chi connectivity index (χ0) is 10.6. The SMILES string of the molecule is C#CCCN1CCN(CC)C(=O)C1=O. The Hall–Kier alpha value is -1.50. The van der Waals surface area contributed by atoms with Gasteiger partial charge in [0.25, 0.3) is 0 Å². The Bertz CT molecular complexity index is 280. The van der Waals surface area contributed by atoms with Crippen molar-refractivity contribution >= 4 is 11.8 Å². The molecule has 14 heavy (non-hydrogen) atoms. The fourth-order valence-electron chi connectivity index (χ4n) is 1.43. The molecule has 1 rings (SSSR count). The molecule has 1 aliphatic heterocycles. The van der Waals surface area contributed by atoms with E-state index in [2.05, 4.69) is 5.92 Å². The van der Waals surface area contributed by atoms with Crippen LogP contribution in [0.2, 0.25) is 0 Å². The molecule has 0 unspecified atom stereocenters.